The van der Waals surface area contributed by atoms with Gasteiger partial charge in [-0.1, -0.05) is 18.3 Å². The Kier molecular flexibility index (Phi) is 4.46. The van der Waals surface area contributed by atoms with Crippen molar-refractivity contribution in [2.75, 3.05) is 18.0 Å². The number of carbonyl (C=O) groups excluding carboxylic acids is 1. The van der Waals surface area contributed by atoms with E-state index in [1.165, 1.54) is 11.5 Å². The normalized spacial score (nSPS) is 19.0. The van der Waals surface area contributed by atoms with E-state index in [2.05, 4.69) is 45.5 Å². The van der Waals surface area contributed by atoms with Crippen molar-refractivity contribution in [3.8, 4) is 0 Å². The van der Waals surface area contributed by atoms with Crippen molar-refractivity contribution in [1.82, 2.24) is 24.7 Å². The van der Waals surface area contributed by atoms with Crippen LogP contribution >= 0.6 is 11.5 Å². The zero-order valence-electron chi connectivity index (χ0n) is 15.1. The van der Waals surface area contributed by atoms with Crippen LogP contribution in [-0.2, 0) is 11.3 Å². The van der Waals surface area contributed by atoms with Crippen molar-refractivity contribution in [3.05, 3.63) is 35.0 Å². The quantitative estimate of drug-likeness (QED) is 0.764. The lowest BCUT2D eigenvalue weighted by atomic mass is 10.1. The Morgan fingerprint density at radius 1 is 1.38 bits per heavy atom. The van der Waals surface area contributed by atoms with Gasteiger partial charge in [-0.25, -0.2) is 0 Å². The molecule has 7 nitrogen and oxygen atoms in total. The van der Waals surface area contributed by atoms with Gasteiger partial charge in [0, 0.05) is 30.2 Å². The first kappa shape index (κ1) is 17.1. The summed E-state index contributed by atoms with van der Waals surface area (Å²) in [5.41, 5.74) is 2.91. The third-order valence-electron chi connectivity index (χ3n) is 4.93. The SMILES string of the molecule is CC(C)c1nnsc1CN1CC(=O)N(c2ccc3cn[nH]c3c2)C[C@@H]1C. The smallest absolute Gasteiger partial charge is 0.241 e. The number of piperazine rings is 1. The fourth-order valence-electron chi connectivity index (χ4n) is 3.40. The van der Waals surface area contributed by atoms with Crippen molar-refractivity contribution in [2.45, 2.75) is 39.3 Å². The molecule has 26 heavy (non-hydrogen) atoms. The Morgan fingerprint density at radius 3 is 3.04 bits per heavy atom. The molecule has 1 aromatic carbocycles. The number of rotatable bonds is 4. The number of amides is 1. The molecule has 1 N–H and O–H groups in total. The van der Waals surface area contributed by atoms with Crippen molar-refractivity contribution in [3.63, 3.8) is 0 Å². The average molecular weight is 370 g/mol. The van der Waals surface area contributed by atoms with E-state index in [9.17, 15) is 4.79 Å². The van der Waals surface area contributed by atoms with E-state index in [-0.39, 0.29) is 11.9 Å². The maximum Gasteiger partial charge on any atom is 0.241 e. The summed E-state index contributed by atoms with van der Waals surface area (Å²) in [6, 6.07) is 6.23. The molecule has 0 spiro atoms. The molecule has 0 bridgehead atoms. The summed E-state index contributed by atoms with van der Waals surface area (Å²) in [4.78, 5) is 18.0. The van der Waals surface area contributed by atoms with E-state index in [1.807, 2.05) is 23.1 Å². The van der Waals surface area contributed by atoms with Crippen LogP contribution < -0.4 is 4.90 Å². The van der Waals surface area contributed by atoms with Gasteiger partial charge in [-0.15, -0.1) is 5.10 Å². The second kappa shape index (κ2) is 6.77. The topological polar surface area (TPSA) is 78.0 Å². The Balaban J connectivity index is 1.52. The predicted octanol–water partition coefficient (Wildman–Crippen LogP) is 2.78. The fraction of sp³-hybridized carbons (Fsp3) is 0.444. The van der Waals surface area contributed by atoms with Gasteiger partial charge < -0.3 is 4.90 Å². The molecular weight excluding hydrogens is 348 g/mol. The van der Waals surface area contributed by atoms with Crippen LogP contribution in [0.25, 0.3) is 10.9 Å². The minimum absolute atomic E-state index is 0.116. The zero-order valence-corrected chi connectivity index (χ0v) is 16.0. The molecule has 0 unspecified atom stereocenters. The molecule has 1 fully saturated rings. The lowest BCUT2D eigenvalue weighted by Crippen LogP contribution is -2.54. The first-order valence-electron chi connectivity index (χ1n) is 8.81. The van der Waals surface area contributed by atoms with Crippen LogP contribution in [0.2, 0.25) is 0 Å². The number of nitrogens with zero attached hydrogens (tertiary/aromatic N) is 5. The summed E-state index contributed by atoms with van der Waals surface area (Å²) in [6.07, 6.45) is 1.79. The highest BCUT2D eigenvalue weighted by molar-refractivity contribution is 7.05. The predicted molar refractivity (Wildman–Crippen MR) is 102 cm³/mol. The molecule has 3 aromatic rings. The van der Waals surface area contributed by atoms with Gasteiger partial charge in [0.25, 0.3) is 0 Å². The van der Waals surface area contributed by atoms with E-state index in [4.69, 9.17) is 0 Å². The largest absolute Gasteiger partial charge is 0.310 e. The number of anilines is 1. The maximum absolute atomic E-state index is 12.8. The van der Waals surface area contributed by atoms with Crippen molar-refractivity contribution < 1.29 is 4.79 Å². The molecular formula is C18H22N6OS. The summed E-state index contributed by atoms with van der Waals surface area (Å²) >= 11 is 1.44. The third kappa shape index (κ3) is 3.10. The van der Waals surface area contributed by atoms with E-state index in [0.29, 0.717) is 19.0 Å². The molecule has 2 aromatic heterocycles. The van der Waals surface area contributed by atoms with Crippen LogP contribution in [0.4, 0.5) is 5.69 Å². The number of carbonyl (C=O) groups is 1. The number of nitrogens with one attached hydrogen (secondary N) is 1. The highest BCUT2D eigenvalue weighted by atomic mass is 32.1. The van der Waals surface area contributed by atoms with Crippen LogP contribution in [0.15, 0.2) is 24.4 Å². The molecule has 3 heterocycles. The first-order valence-corrected chi connectivity index (χ1v) is 9.59. The van der Waals surface area contributed by atoms with E-state index < -0.39 is 0 Å². The summed E-state index contributed by atoms with van der Waals surface area (Å²) in [6.45, 7) is 8.21. The minimum atomic E-state index is 0.116. The number of hydrogen-bond acceptors (Lipinski definition) is 6. The third-order valence-corrected chi connectivity index (χ3v) is 5.65. The number of aromatic nitrogens is 4. The number of aromatic amines is 1. The van der Waals surface area contributed by atoms with Crippen LogP contribution in [0.1, 0.15) is 37.3 Å². The van der Waals surface area contributed by atoms with Gasteiger partial charge in [-0.05, 0) is 42.6 Å². The summed E-state index contributed by atoms with van der Waals surface area (Å²) < 4.78 is 4.10. The molecule has 1 saturated heterocycles. The van der Waals surface area contributed by atoms with E-state index in [1.54, 1.807) is 6.20 Å². The Morgan fingerprint density at radius 2 is 2.23 bits per heavy atom. The van der Waals surface area contributed by atoms with Gasteiger partial charge in [-0.3, -0.25) is 14.8 Å². The highest BCUT2D eigenvalue weighted by Gasteiger charge is 2.31. The highest BCUT2D eigenvalue weighted by Crippen LogP contribution is 2.27. The van der Waals surface area contributed by atoms with Crippen LogP contribution in [0, 0.1) is 0 Å². The Labute approximate surface area is 156 Å². The summed E-state index contributed by atoms with van der Waals surface area (Å²) in [7, 11) is 0. The van der Waals surface area contributed by atoms with Gasteiger partial charge in [0.1, 0.15) is 0 Å². The van der Waals surface area contributed by atoms with Gasteiger partial charge >= 0.3 is 0 Å². The zero-order chi connectivity index (χ0) is 18.3. The van der Waals surface area contributed by atoms with Gasteiger partial charge in [0.15, 0.2) is 0 Å². The molecule has 1 aliphatic rings. The molecule has 4 rings (SSSR count). The minimum Gasteiger partial charge on any atom is -0.310 e. The van der Waals surface area contributed by atoms with E-state index in [0.717, 1.165) is 33.7 Å². The lowest BCUT2D eigenvalue weighted by Gasteiger charge is -2.39. The summed E-state index contributed by atoms with van der Waals surface area (Å²) in [5.74, 6) is 0.461. The molecule has 0 radical (unpaired) electrons. The van der Waals surface area contributed by atoms with Gasteiger partial charge in [0.2, 0.25) is 5.91 Å². The second-order valence-corrected chi connectivity index (χ2v) is 7.97. The summed E-state index contributed by atoms with van der Waals surface area (Å²) in [5, 5.41) is 12.3. The Hall–Kier alpha value is -2.32. The van der Waals surface area contributed by atoms with Crippen LogP contribution in [-0.4, -0.2) is 49.7 Å². The molecule has 8 heteroatoms. The fourth-order valence-corrected chi connectivity index (χ4v) is 4.22. The number of H-pyrrole nitrogens is 1. The second-order valence-electron chi connectivity index (χ2n) is 7.14. The van der Waals surface area contributed by atoms with Crippen molar-refractivity contribution >= 4 is 34.0 Å². The number of fused-ring (bicyclic) bond motifs is 1. The standard InChI is InChI=1S/C18H22N6OS/c1-11(2)18-16(26-22-21-18)9-23-10-17(25)24(8-12(23)3)14-5-4-13-7-19-20-15(13)6-14/h4-7,11-12H,8-10H2,1-3H3,(H,19,20)/t12-/m0/s1. The maximum atomic E-state index is 12.8. The molecule has 136 valence electrons. The Bertz CT molecular complexity index is 933. The average Bonchev–Trinajstić information content (AvgIpc) is 3.26. The van der Waals surface area contributed by atoms with Gasteiger partial charge in [-0.2, -0.15) is 5.10 Å². The molecule has 0 aliphatic carbocycles. The van der Waals surface area contributed by atoms with Gasteiger partial charge in [0.05, 0.1) is 28.8 Å². The molecule has 1 aliphatic heterocycles. The van der Waals surface area contributed by atoms with Crippen LogP contribution in [0.3, 0.4) is 0 Å². The molecule has 1 atom stereocenters. The van der Waals surface area contributed by atoms with Crippen molar-refractivity contribution in [2.24, 2.45) is 0 Å². The number of hydrogen-bond donors (Lipinski definition) is 1. The first-order chi connectivity index (χ1) is 12.5. The van der Waals surface area contributed by atoms with Crippen LogP contribution in [0.5, 0.6) is 0 Å². The lowest BCUT2D eigenvalue weighted by molar-refractivity contribution is -0.122. The molecule has 0 saturated carbocycles. The molecule has 1 amide bonds. The number of benzene rings is 1. The monoisotopic (exact) mass is 370 g/mol. The van der Waals surface area contributed by atoms with E-state index >= 15 is 0 Å². The van der Waals surface area contributed by atoms with Crippen molar-refractivity contribution in [1.29, 1.82) is 0 Å².